The Labute approximate surface area is 140 Å². The van der Waals surface area contributed by atoms with Gasteiger partial charge in [0.25, 0.3) is 5.91 Å². The van der Waals surface area contributed by atoms with Crippen molar-refractivity contribution in [1.82, 2.24) is 4.90 Å². The van der Waals surface area contributed by atoms with Crippen LogP contribution < -0.4 is 10.2 Å². The van der Waals surface area contributed by atoms with Gasteiger partial charge in [0.1, 0.15) is 6.26 Å². The first-order chi connectivity index (χ1) is 11.5. The Morgan fingerprint density at radius 2 is 2.00 bits per heavy atom. The van der Waals surface area contributed by atoms with Crippen LogP contribution in [0.2, 0.25) is 0 Å². The lowest BCUT2D eigenvalue weighted by Crippen LogP contribution is -2.34. The summed E-state index contributed by atoms with van der Waals surface area (Å²) in [5.41, 5.74) is 2.10. The van der Waals surface area contributed by atoms with Crippen LogP contribution >= 0.6 is 0 Å². The number of benzene rings is 1. The predicted octanol–water partition coefficient (Wildman–Crippen LogP) is 2.98. The van der Waals surface area contributed by atoms with Crippen LogP contribution in [0.3, 0.4) is 0 Å². The number of ether oxygens (including phenoxy) is 1. The number of aryl methyl sites for hydroxylation is 1. The Kier molecular flexibility index (Phi) is 4.42. The van der Waals surface area contributed by atoms with Crippen molar-refractivity contribution in [2.24, 2.45) is 0 Å². The van der Waals surface area contributed by atoms with Crippen molar-refractivity contribution < 1.29 is 13.9 Å². The maximum absolute atomic E-state index is 12.7. The third-order valence-electron chi connectivity index (χ3n) is 4.61. The molecule has 1 aliphatic rings. The first-order valence-corrected chi connectivity index (χ1v) is 8.04. The lowest BCUT2D eigenvalue weighted by atomic mass is 9.96. The average Bonchev–Trinajstić information content (AvgIpc) is 2.96. The number of rotatable bonds is 3. The molecule has 1 aliphatic heterocycles. The van der Waals surface area contributed by atoms with Crippen LogP contribution in [0.25, 0.3) is 0 Å². The molecule has 0 spiro atoms. The van der Waals surface area contributed by atoms with E-state index < -0.39 is 0 Å². The lowest BCUT2D eigenvalue weighted by Gasteiger charge is -2.20. The summed E-state index contributed by atoms with van der Waals surface area (Å²) < 4.78 is 10.2. The van der Waals surface area contributed by atoms with Gasteiger partial charge in [0.2, 0.25) is 11.2 Å². The molecule has 1 amide bonds. The van der Waals surface area contributed by atoms with Crippen LogP contribution in [0.1, 0.15) is 40.9 Å². The van der Waals surface area contributed by atoms with Crippen molar-refractivity contribution in [2.75, 3.05) is 13.7 Å². The highest BCUT2D eigenvalue weighted by Gasteiger charge is 2.34. The third kappa shape index (κ3) is 3.07. The van der Waals surface area contributed by atoms with Gasteiger partial charge < -0.3 is 14.1 Å². The largest absolute Gasteiger partial charge is 0.490 e. The van der Waals surface area contributed by atoms with Gasteiger partial charge in [-0.25, -0.2) is 0 Å². The van der Waals surface area contributed by atoms with Crippen LogP contribution in [-0.2, 0) is 0 Å². The Bertz CT molecular complexity index is 794. The maximum atomic E-state index is 12.7. The predicted molar refractivity (Wildman–Crippen MR) is 90.6 cm³/mol. The average molecular weight is 327 g/mol. The molecule has 1 aromatic heterocycles. The first kappa shape index (κ1) is 16.3. The number of hydrogen-bond acceptors (Lipinski definition) is 4. The molecular weight excluding hydrogens is 306 g/mol. The van der Waals surface area contributed by atoms with Crippen molar-refractivity contribution in [2.45, 2.75) is 32.2 Å². The van der Waals surface area contributed by atoms with Crippen LogP contribution in [0, 0.1) is 6.92 Å². The van der Waals surface area contributed by atoms with Gasteiger partial charge in [-0.3, -0.25) is 9.59 Å². The second-order valence-corrected chi connectivity index (χ2v) is 6.33. The monoisotopic (exact) mass is 327 g/mol. The molecule has 2 aromatic rings. The van der Waals surface area contributed by atoms with Crippen molar-refractivity contribution in [3.05, 3.63) is 63.7 Å². The molecule has 0 radical (unpaired) electrons. The quantitative estimate of drug-likeness (QED) is 0.869. The van der Waals surface area contributed by atoms with Crippen LogP contribution in [0.5, 0.6) is 5.75 Å². The van der Waals surface area contributed by atoms with Crippen molar-refractivity contribution in [1.29, 1.82) is 0 Å². The molecule has 126 valence electrons. The van der Waals surface area contributed by atoms with E-state index in [-0.39, 0.29) is 28.9 Å². The molecule has 2 atom stereocenters. The van der Waals surface area contributed by atoms with Crippen molar-refractivity contribution >= 4 is 5.91 Å². The maximum Gasteiger partial charge on any atom is 0.289 e. The van der Waals surface area contributed by atoms with E-state index >= 15 is 0 Å². The fourth-order valence-corrected chi connectivity index (χ4v) is 3.20. The van der Waals surface area contributed by atoms with E-state index in [4.69, 9.17) is 9.15 Å². The molecule has 2 heterocycles. The molecule has 1 aromatic carbocycles. The minimum Gasteiger partial charge on any atom is -0.490 e. The van der Waals surface area contributed by atoms with Crippen molar-refractivity contribution in [3.8, 4) is 5.75 Å². The van der Waals surface area contributed by atoms with Crippen LogP contribution in [0.4, 0.5) is 0 Å². The molecule has 24 heavy (non-hydrogen) atoms. The number of carbonyl (C=O) groups excluding carboxylic acids is 1. The third-order valence-corrected chi connectivity index (χ3v) is 4.61. The number of nitrogens with zero attached hydrogens (tertiary/aromatic N) is 1. The summed E-state index contributed by atoms with van der Waals surface area (Å²) in [4.78, 5) is 26.3. The molecule has 0 bridgehead atoms. The van der Waals surface area contributed by atoms with E-state index in [9.17, 15) is 9.59 Å². The second kappa shape index (κ2) is 6.51. The van der Waals surface area contributed by atoms with Gasteiger partial charge in [-0.2, -0.15) is 0 Å². The number of amides is 1. The highest BCUT2D eigenvalue weighted by atomic mass is 16.5. The molecule has 2 unspecified atom stereocenters. The first-order valence-electron chi connectivity index (χ1n) is 8.04. The second-order valence-electron chi connectivity index (χ2n) is 6.33. The molecule has 0 N–H and O–H groups in total. The highest BCUT2D eigenvalue weighted by Crippen LogP contribution is 2.32. The summed E-state index contributed by atoms with van der Waals surface area (Å²) in [5, 5.41) is 0. The number of hydrogen-bond donors (Lipinski definition) is 0. The normalized spacial score (nSPS) is 20.2. The Morgan fingerprint density at radius 3 is 2.62 bits per heavy atom. The Hall–Kier alpha value is -2.56. The van der Waals surface area contributed by atoms with Crippen LogP contribution in [-0.4, -0.2) is 30.5 Å². The Balaban J connectivity index is 1.79. The van der Waals surface area contributed by atoms with Crippen LogP contribution in [0.15, 0.2) is 45.8 Å². The minimum atomic E-state index is -0.353. The van der Waals surface area contributed by atoms with Crippen molar-refractivity contribution in [3.63, 3.8) is 0 Å². The molecule has 3 rings (SSSR count). The molecule has 5 heteroatoms. The summed E-state index contributed by atoms with van der Waals surface area (Å²) in [5.74, 6) is 0.196. The lowest BCUT2D eigenvalue weighted by molar-refractivity contribution is 0.0710. The molecule has 0 saturated carbocycles. The van der Waals surface area contributed by atoms with Gasteiger partial charge in [-0.05, 0) is 25.8 Å². The zero-order valence-electron chi connectivity index (χ0n) is 14.1. The van der Waals surface area contributed by atoms with E-state index in [1.807, 2.05) is 6.92 Å². The zero-order valence-corrected chi connectivity index (χ0v) is 14.1. The van der Waals surface area contributed by atoms with Gasteiger partial charge in [0.05, 0.1) is 7.11 Å². The standard InChI is InChI=1S/C19H21NO4/c1-12-4-6-14(7-5-12)15-8-13(2)20(10-15)19(22)17-9-16(21)18(23-3)11-24-17/h4-7,9,11,13,15H,8,10H2,1-3H3. The summed E-state index contributed by atoms with van der Waals surface area (Å²) in [6.45, 7) is 4.70. The minimum absolute atomic E-state index is 0.0530. The Morgan fingerprint density at radius 1 is 1.29 bits per heavy atom. The van der Waals surface area contributed by atoms with Gasteiger partial charge in [-0.1, -0.05) is 29.8 Å². The molecule has 1 fully saturated rings. The molecule has 1 saturated heterocycles. The van der Waals surface area contributed by atoms with E-state index in [0.29, 0.717) is 12.5 Å². The van der Waals surface area contributed by atoms with E-state index in [2.05, 4.69) is 31.2 Å². The van der Waals surface area contributed by atoms with E-state index in [1.54, 1.807) is 4.90 Å². The highest BCUT2D eigenvalue weighted by molar-refractivity contribution is 5.91. The summed E-state index contributed by atoms with van der Waals surface area (Å²) in [6, 6.07) is 9.71. The van der Waals surface area contributed by atoms with Gasteiger partial charge in [-0.15, -0.1) is 0 Å². The van der Waals surface area contributed by atoms with Gasteiger partial charge in [0.15, 0.2) is 5.76 Å². The molecular formula is C19H21NO4. The molecule has 5 nitrogen and oxygen atoms in total. The van der Waals surface area contributed by atoms with Gasteiger partial charge >= 0.3 is 0 Å². The summed E-state index contributed by atoms with van der Waals surface area (Å²) in [7, 11) is 1.39. The zero-order chi connectivity index (χ0) is 17.3. The SMILES string of the molecule is COc1coc(C(=O)N2CC(c3ccc(C)cc3)CC2C)cc1=O. The number of carbonyl (C=O) groups is 1. The topological polar surface area (TPSA) is 59.8 Å². The smallest absolute Gasteiger partial charge is 0.289 e. The summed E-state index contributed by atoms with van der Waals surface area (Å²) >= 11 is 0. The van der Waals surface area contributed by atoms with E-state index in [1.165, 1.54) is 30.6 Å². The number of methoxy groups -OCH3 is 1. The van der Waals surface area contributed by atoms with E-state index in [0.717, 1.165) is 6.42 Å². The fourth-order valence-electron chi connectivity index (χ4n) is 3.20. The van der Waals surface area contributed by atoms with Gasteiger partial charge in [0, 0.05) is 24.6 Å². The fraction of sp³-hybridized carbons (Fsp3) is 0.368. The number of likely N-dealkylation sites (tertiary alicyclic amines) is 1. The summed E-state index contributed by atoms with van der Waals surface area (Å²) in [6.07, 6.45) is 2.09. The molecule has 0 aliphatic carbocycles.